The summed E-state index contributed by atoms with van der Waals surface area (Å²) >= 11 is 5.85. The van der Waals surface area contributed by atoms with E-state index in [2.05, 4.69) is 12.2 Å². The summed E-state index contributed by atoms with van der Waals surface area (Å²) in [6.45, 7) is 5.82. The number of anilines is 1. The first-order valence-corrected chi connectivity index (χ1v) is 10.6. The molecule has 0 aliphatic carbocycles. The van der Waals surface area contributed by atoms with E-state index in [9.17, 15) is 13.2 Å². The molecule has 0 heterocycles. The maximum Gasteiger partial charge on any atom is 0.264 e. The monoisotopic (exact) mass is 408 g/mol. The number of carbonyl (C=O) groups is 1. The quantitative estimate of drug-likeness (QED) is 0.738. The Morgan fingerprint density at radius 2 is 1.81 bits per heavy atom. The molecule has 0 spiro atoms. The van der Waals surface area contributed by atoms with Gasteiger partial charge in [0.05, 0.1) is 10.6 Å². The van der Waals surface area contributed by atoms with Crippen LogP contribution >= 0.6 is 11.6 Å². The molecule has 0 aliphatic heterocycles. The SMILES string of the molecule is CCC[C@H](C)NC(=O)c1ccc(C)c(N(C)S(=O)(=O)c2ccc(Cl)cc2)c1. The van der Waals surface area contributed by atoms with Gasteiger partial charge in [-0.1, -0.05) is 31.0 Å². The molecule has 0 aliphatic rings. The van der Waals surface area contributed by atoms with Gasteiger partial charge in [0.25, 0.3) is 15.9 Å². The third kappa shape index (κ3) is 5.02. The Morgan fingerprint density at radius 1 is 1.19 bits per heavy atom. The number of halogens is 1. The maximum absolute atomic E-state index is 12.9. The lowest BCUT2D eigenvalue weighted by molar-refractivity contribution is 0.0938. The number of sulfonamides is 1. The number of rotatable bonds is 7. The van der Waals surface area contributed by atoms with E-state index < -0.39 is 10.0 Å². The van der Waals surface area contributed by atoms with Gasteiger partial charge in [-0.2, -0.15) is 0 Å². The minimum atomic E-state index is -3.76. The van der Waals surface area contributed by atoms with Crippen molar-refractivity contribution >= 4 is 33.2 Å². The molecule has 0 unspecified atom stereocenters. The Morgan fingerprint density at radius 3 is 2.41 bits per heavy atom. The topological polar surface area (TPSA) is 66.5 Å². The molecule has 0 aromatic heterocycles. The first-order valence-electron chi connectivity index (χ1n) is 8.82. The van der Waals surface area contributed by atoms with Crippen molar-refractivity contribution in [2.75, 3.05) is 11.4 Å². The van der Waals surface area contributed by atoms with Gasteiger partial charge in [0.1, 0.15) is 0 Å². The molecule has 0 saturated heterocycles. The lowest BCUT2D eigenvalue weighted by Crippen LogP contribution is -2.33. The van der Waals surface area contributed by atoms with Crippen LogP contribution in [-0.4, -0.2) is 27.4 Å². The third-order valence-electron chi connectivity index (χ3n) is 4.38. The van der Waals surface area contributed by atoms with E-state index >= 15 is 0 Å². The van der Waals surface area contributed by atoms with E-state index in [-0.39, 0.29) is 16.8 Å². The van der Waals surface area contributed by atoms with Crippen LogP contribution in [0.2, 0.25) is 5.02 Å². The third-order valence-corrected chi connectivity index (χ3v) is 6.42. The molecule has 5 nitrogen and oxygen atoms in total. The first-order chi connectivity index (χ1) is 12.7. The van der Waals surface area contributed by atoms with Crippen molar-refractivity contribution in [2.45, 2.75) is 44.6 Å². The zero-order valence-corrected chi connectivity index (χ0v) is 17.6. The molecule has 7 heteroatoms. The second-order valence-corrected chi connectivity index (χ2v) is 9.00. The lowest BCUT2D eigenvalue weighted by Gasteiger charge is -2.22. The number of nitrogens with one attached hydrogen (secondary N) is 1. The van der Waals surface area contributed by atoms with E-state index in [0.717, 1.165) is 18.4 Å². The van der Waals surface area contributed by atoms with Gasteiger partial charge in [-0.05, 0) is 62.2 Å². The molecule has 0 bridgehead atoms. The van der Waals surface area contributed by atoms with Crippen molar-refractivity contribution in [1.29, 1.82) is 0 Å². The van der Waals surface area contributed by atoms with Crippen LogP contribution in [0.1, 0.15) is 42.6 Å². The lowest BCUT2D eigenvalue weighted by atomic mass is 10.1. The van der Waals surface area contributed by atoms with Crippen LogP contribution in [0.5, 0.6) is 0 Å². The molecule has 146 valence electrons. The number of benzene rings is 2. The summed E-state index contributed by atoms with van der Waals surface area (Å²) in [5.74, 6) is -0.213. The molecule has 1 N–H and O–H groups in total. The summed E-state index contributed by atoms with van der Waals surface area (Å²) in [5, 5.41) is 3.40. The van der Waals surface area contributed by atoms with Gasteiger partial charge < -0.3 is 5.32 Å². The fourth-order valence-electron chi connectivity index (χ4n) is 2.80. The summed E-state index contributed by atoms with van der Waals surface area (Å²) in [4.78, 5) is 12.6. The Labute approximate surface area is 166 Å². The average Bonchev–Trinajstić information content (AvgIpc) is 2.62. The molecule has 27 heavy (non-hydrogen) atoms. The largest absolute Gasteiger partial charge is 0.350 e. The van der Waals surface area contributed by atoms with Crippen LogP contribution < -0.4 is 9.62 Å². The number of hydrogen-bond donors (Lipinski definition) is 1. The van der Waals surface area contributed by atoms with E-state index in [4.69, 9.17) is 11.6 Å². The fraction of sp³-hybridized carbons (Fsp3) is 0.350. The standard InChI is InChI=1S/C20H25ClN2O3S/c1-5-6-15(3)22-20(24)16-8-7-14(2)19(13-16)23(4)27(25,26)18-11-9-17(21)10-12-18/h7-13,15H,5-6H2,1-4H3,(H,22,24)/t15-/m0/s1. The second kappa shape index (κ2) is 8.76. The van der Waals surface area contributed by atoms with Gasteiger partial charge in [0.15, 0.2) is 0 Å². The Kier molecular flexibility index (Phi) is 6.89. The molecule has 2 aromatic carbocycles. The summed E-state index contributed by atoms with van der Waals surface area (Å²) in [6, 6.07) is 11.1. The summed E-state index contributed by atoms with van der Waals surface area (Å²) in [6.07, 6.45) is 1.86. The molecule has 1 atom stereocenters. The van der Waals surface area contributed by atoms with Crippen molar-refractivity contribution in [3.05, 3.63) is 58.6 Å². The van der Waals surface area contributed by atoms with E-state index in [1.54, 1.807) is 18.2 Å². The van der Waals surface area contributed by atoms with Crippen LogP contribution in [0.3, 0.4) is 0 Å². The molecule has 0 saturated carbocycles. The predicted octanol–water partition coefficient (Wildman–Crippen LogP) is 4.39. The van der Waals surface area contributed by atoms with E-state index in [0.29, 0.717) is 16.3 Å². The molecule has 0 radical (unpaired) electrons. The second-order valence-electron chi connectivity index (χ2n) is 6.59. The van der Waals surface area contributed by atoms with Crippen molar-refractivity contribution in [1.82, 2.24) is 5.32 Å². The predicted molar refractivity (Wildman–Crippen MR) is 110 cm³/mol. The Hall–Kier alpha value is -2.05. The highest BCUT2D eigenvalue weighted by atomic mass is 35.5. The molecular formula is C20H25ClN2O3S. The zero-order chi connectivity index (χ0) is 20.2. The van der Waals surface area contributed by atoms with Gasteiger partial charge >= 0.3 is 0 Å². The highest BCUT2D eigenvalue weighted by molar-refractivity contribution is 7.92. The Bertz CT molecular complexity index is 911. The summed E-state index contributed by atoms with van der Waals surface area (Å²) in [7, 11) is -2.28. The van der Waals surface area contributed by atoms with Crippen LogP contribution in [0.4, 0.5) is 5.69 Å². The minimum absolute atomic E-state index is 0.0581. The van der Waals surface area contributed by atoms with Gasteiger partial charge in [-0.3, -0.25) is 9.10 Å². The average molecular weight is 409 g/mol. The maximum atomic E-state index is 12.9. The van der Waals surface area contributed by atoms with Crippen LogP contribution in [0, 0.1) is 6.92 Å². The van der Waals surface area contributed by atoms with Crippen molar-refractivity contribution in [2.24, 2.45) is 0 Å². The molecule has 0 fully saturated rings. The van der Waals surface area contributed by atoms with E-state index in [1.807, 2.05) is 13.8 Å². The van der Waals surface area contributed by atoms with Crippen LogP contribution in [0.25, 0.3) is 0 Å². The molecule has 2 aromatic rings. The van der Waals surface area contributed by atoms with Crippen molar-refractivity contribution in [3.8, 4) is 0 Å². The highest BCUT2D eigenvalue weighted by Gasteiger charge is 2.23. The molecular weight excluding hydrogens is 384 g/mol. The highest BCUT2D eigenvalue weighted by Crippen LogP contribution is 2.27. The first kappa shape index (κ1) is 21.3. The smallest absolute Gasteiger partial charge is 0.264 e. The van der Waals surface area contributed by atoms with Crippen LogP contribution in [-0.2, 0) is 10.0 Å². The number of nitrogens with zero attached hydrogens (tertiary/aromatic N) is 1. The normalized spacial score (nSPS) is 12.5. The van der Waals surface area contributed by atoms with Crippen LogP contribution in [0.15, 0.2) is 47.4 Å². The number of amides is 1. The van der Waals surface area contributed by atoms with Gasteiger partial charge in [0, 0.05) is 23.7 Å². The minimum Gasteiger partial charge on any atom is -0.350 e. The van der Waals surface area contributed by atoms with E-state index in [1.165, 1.54) is 35.6 Å². The van der Waals surface area contributed by atoms with Crippen molar-refractivity contribution in [3.63, 3.8) is 0 Å². The molecule has 1 amide bonds. The number of hydrogen-bond acceptors (Lipinski definition) is 3. The zero-order valence-electron chi connectivity index (χ0n) is 16.0. The Balaban J connectivity index is 2.34. The summed E-state index contributed by atoms with van der Waals surface area (Å²) in [5.41, 5.74) is 1.64. The van der Waals surface area contributed by atoms with Gasteiger partial charge in [0.2, 0.25) is 0 Å². The summed E-state index contributed by atoms with van der Waals surface area (Å²) < 4.78 is 27.0. The van der Waals surface area contributed by atoms with Gasteiger partial charge in [-0.15, -0.1) is 0 Å². The number of carbonyl (C=O) groups excluding carboxylic acids is 1. The number of aryl methyl sites for hydroxylation is 1. The van der Waals surface area contributed by atoms with Crippen molar-refractivity contribution < 1.29 is 13.2 Å². The molecule has 2 rings (SSSR count). The van der Waals surface area contributed by atoms with Gasteiger partial charge in [-0.25, -0.2) is 8.42 Å². The fourth-order valence-corrected chi connectivity index (χ4v) is 4.17.